The molecule has 3 heterocycles. The molecule has 8 heteroatoms. The highest BCUT2D eigenvalue weighted by Gasteiger charge is 2.54. The molecule has 2 aliphatic heterocycles. The van der Waals surface area contributed by atoms with E-state index in [4.69, 9.17) is 19.9 Å². The maximum absolute atomic E-state index is 13.5. The van der Waals surface area contributed by atoms with E-state index in [-0.39, 0.29) is 12.2 Å². The summed E-state index contributed by atoms with van der Waals surface area (Å²) in [5.74, 6) is -1.98. The monoisotopic (exact) mass is 315 g/mol. The lowest BCUT2D eigenvalue weighted by atomic mass is 10.1. The van der Waals surface area contributed by atoms with Crippen LogP contribution in [0.15, 0.2) is 11.0 Å². The summed E-state index contributed by atoms with van der Waals surface area (Å²) >= 11 is 0. The molecule has 0 radical (unpaired) electrons. The zero-order chi connectivity index (χ0) is 16.7. The molecule has 3 rings (SSSR count). The highest BCUT2D eigenvalue weighted by molar-refractivity contribution is 5.26. The lowest BCUT2D eigenvalue weighted by Gasteiger charge is -2.23. The van der Waals surface area contributed by atoms with Crippen molar-refractivity contribution in [3.63, 3.8) is 0 Å². The molecule has 124 valence electrons. The fourth-order valence-electron chi connectivity index (χ4n) is 2.64. The first-order chi connectivity index (χ1) is 10.3. The lowest BCUT2D eigenvalue weighted by Crippen LogP contribution is -2.35. The Labute approximate surface area is 128 Å². The molecule has 0 aromatic carbocycles. The van der Waals surface area contributed by atoms with Crippen molar-refractivity contribution in [2.75, 3.05) is 5.73 Å². The minimum absolute atomic E-state index is 0.278. The number of fused-ring (bicyclic) bond motifs is 1. The number of anilines is 1. The van der Waals surface area contributed by atoms with Gasteiger partial charge in [0.15, 0.2) is 23.7 Å². The molecule has 2 unspecified atom stereocenters. The summed E-state index contributed by atoms with van der Waals surface area (Å²) in [6, 6.07) is 0. The average Bonchev–Trinajstić information content (AvgIpc) is 2.91. The number of hydrogen-bond acceptors (Lipinski definition) is 6. The Morgan fingerprint density at radius 3 is 2.55 bits per heavy atom. The molecule has 1 aromatic rings. The van der Waals surface area contributed by atoms with E-state index in [0.717, 1.165) is 10.8 Å². The van der Waals surface area contributed by atoms with Crippen LogP contribution >= 0.6 is 0 Å². The number of rotatable bonds is 1. The summed E-state index contributed by atoms with van der Waals surface area (Å²) in [4.78, 5) is 15.3. The number of nitrogens with zero attached hydrogens (tertiary/aromatic N) is 2. The number of nitrogens with two attached hydrogens (primary N) is 1. The maximum Gasteiger partial charge on any atom is 0.351 e. The Bertz CT molecular complexity index is 604. The van der Waals surface area contributed by atoms with Crippen LogP contribution in [0.5, 0.6) is 0 Å². The van der Waals surface area contributed by atoms with Crippen LogP contribution in [0.1, 0.15) is 40.8 Å². The molecule has 2 N–H and O–H groups in total. The average molecular weight is 315 g/mol. The highest BCUT2D eigenvalue weighted by Crippen LogP contribution is 2.42. The van der Waals surface area contributed by atoms with E-state index in [2.05, 4.69) is 4.98 Å². The van der Waals surface area contributed by atoms with E-state index in [0.29, 0.717) is 0 Å². The SMILES string of the molecule is CC.CC1OC(n2cc(F)c(N)nc2=O)[C@@H]2OC(C)(C)O[C@H]12. The van der Waals surface area contributed by atoms with Gasteiger partial charge in [0.05, 0.1) is 12.3 Å². The molecule has 7 nitrogen and oxygen atoms in total. The van der Waals surface area contributed by atoms with Crippen molar-refractivity contribution in [1.82, 2.24) is 9.55 Å². The van der Waals surface area contributed by atoms with Gasteiger partial charge in [-0.05, 0) is 20.8 Å². The molecule has 2 fully saturated rings. The fraction of sp³-hybridized carbons (Fsp3) is 0.714. The second-order valence-electron chi connectivity index (χ2n) is 5.46. The van der Waals surface area contributed by atoms with Gasteiger partial charge in [0.25, 0.3) is 0 Å². The molecule has 2 aliphatic rings. The summed E-state index contributed by atoms with van der Waals surface area (Å²) in [6.45, 7) is 9.37. The van der Waals surface area contributed by atoms with Gasteiger partial charge >= 0.3 is 5.69 Å². The number of ether oxygens (including phenoxy) is 3. The van der Waals surface area contributed by atoms with Gasteiger partial charge in [0.2, 0.25) is 0 Å². The number of aromatic nitrogens is 2. The third-order valence-corrected chi connectivity index (χ3v) is 3.47. The second kappa shape index (κ2) is 5.94. The van der Waals surface area contributed by atoms with Gasteiger partial charge in [-0.15, -0.1) is 0 Å². The Morgan fingerprint density at radius 1 is 1.32 bits per heavy atom. The summed E-state index contributed by atoms with van der Waals surface area (Å²) in [5.41, 5.74) is 4.58. The Kier molecular flexibility index (Phi) is 4.55. The van der Waals surface area contributed by atoms with Crippen LogP contribution in [0.3, 0.4) is 0 Å². The predicted molar refractivity (Wildman–Crippen MR) is 77.6 cm³/mol. The van der Waals surface area contributed by atoms with Crippen molar-refractivity contribution in [2.45, 2.75) is 64.9 Å². The minimum Gasteiger partial charge on any atom is -0.381 e. The van der Waals surface area contributed by atoms with Crippen LogP contribution in [0.25, 0.3) is 0 Å². The van der Waals surface area contributed by atoms with Crippen molar-refractivity contribution in [3.05, 3.63) is 22.5 Å². The van der Waals surface area contributed by atoms with E-state index in [1.165, 1.54) is 0 Å². The molecule has 0 amide bonds. The summed E-state index contributed by atoms with van der Waals surface area (Å²) in [6.07, 6.45) is -0.893. The molecule has 1 aromatic heterocycles. The first-order valence-electron chi connectivity index (χ1n) is 7.34. The van der Waals surface area contributed by atoms with E-state index in [1.807, 2.05) is 20.8 Å². The number of halogens is 1. The quantitative estimate of drug-likeness (QED) is 0.843. The van der Waals surface area contributed by atoms with Crippen LogP contribution in [0.4, 0.5) is 10.2 Å². The van der Waals surface area contributed by atoms with Crippen LogP contribution in [0.2, 0.25) is 0 Å². The van der Waals surface area contributed by atoms with E-state index in [9.17, 15) is 9.18 Å². The first kappa shape index (κ1) is 16.9. The van der Waals surface area contributed by atoms with E-state index >= 15 is 0 Å². The third kappa shape index (κ3) is 2.86. The fourth-order valence-corrected chi connectivity index (χ4v) is 2.64. The van der Waals surface area contributed by atoms with Gasteiger partial charge < -0.3 is 19.9 Å². The highest BCUT2D eigenvalue weighted by atomic mass is 19.1. The Balaban J connectivity index is 0.000000847. The zero-order valence-corrected chi connectivity index (χ0v) is 13.4. The lowest BCUT2D eigenvalue weighted by molar-refractivity contribution is -0.195. The largest absolute Gasteiger partial charge is 0.381 e. The van der Waals surface area contributed by atoms with Crippen LogP contribution in [0, 0.1) is 5.82 Å². The maximum atomic E-state index is 13.5. The molecule has 0 saturated carbocycles. The topological polar surface area (TPSA) is 88.6 Å². The van der Waals surface area contributed by atoms with Crippen molar-refractivity contribution in [2.24, 2.45) is 0 Å². The second-order valence-corrected chi connectivity index (χ2v) is 5.46. The van der Waals surface area contributed by atoms with Gasteiger partial charge in [0.1, 0.15) is 12.2 Å². The van der Waals surface area contributed by atoms with Gasteiger partial charge in [-0.25, -0.2) is 9.18 Å². The summed E-state index contributed by atoms with van der Waals surface area (Å²) in [5, 5.41) is 0. The van der Waals surface area contributed by atoms with Crippen LogP contribution in [-0.2, 0) is 14.2 Å². The zero-order valence-electron chi connectivity index (χ0n) is 13.4. The van der Waals surface area contributed by atoms with Crippen molar-refractivity contribution in [3.8, 4) is 0 Å². The van der Waals surface area contributed by atoms with Crippen LogP contribution < -0.4 is 11.4 Å². The smallest absolute Gasteiger partial charge is 0.351 e. The predicted octanol–water partition coefficient (Wildman–Crippen LogP) is 1.43. The summed E-state index contributed by atoms with van der Waals surface area (Å²) < 4.78 is 31.7. The van der Waals surface area contributed by atoms with Crippen LogP contribution in [-0.4, -0.2) is 33.7 Å². The van der Waals surface area contributed by atoms with Crippen molar-refractivity contribution < 1.29 is 18.6 Å². The standard InChI is InChI=1S/C12H16FN3O4.C2H6/c1-5-7-8(20-12(2,3)19-7)10(18-5)16-4-6(13)9(14)15-11(16)17;1-2/h4-5,7-8,10H,1-3H3,(H2,14,15,17);1-2H3/t5?,7-,8-,10?;/m1./s1. The van der Waals surface area contributed by atoms with Gasteiger partial charge in [0, 0.05) is 0 Å². The molecular formula is C14H22FN3O4. The molecule has 0 aliphatic carbocycles. The molecular weight excluding hydrogens is 293 g/mol. The number of nitrogen functional groups attached to an aromatic ring is 1. The van der Waals surface area contributed by atoms with E-state index < -0.39 is 35.4 Å². The molecule has 0 bridgehead atoms. The van der Waals surface area contributed by atoms with Gasteiger partial charge in [-0.3, -0.25) is 4.57 Å². The third-order valence-electron chi connectivity index (χ3n) is 3.47. The Morgan fingerprint density at radius 2 is 1.91 bits per heavy atom. The molecule has 4 atom stereocenters. The van der Waals surface area contributed by atoms with Gasteiger partial charge in [-0.1, -0.05) is 13.8 Å². The first-order valence-corrected chi connectivity index (χ1v) is 7.34. The normalized spacial score (nSPS) is 32.3. The van der Waals surface area contributed by atoms with Gasteiger partial charge in [-0.2, -0.15) is 4.98 Å². The molecule has 0 spiro atoms. The van der Waals surface area contributed by atoms with Crippen molar-refractivity contribution in [1.29, 1.82) is 0 Å². The van der Waals surface area contributed by atoms with E-state index in [1.54, 1.807) is 13.8 Å². The summed E-state index contributed by atoms with van der Waals surface area (Å²) in [7, 11) is 0. The Hall–Kier alpha value is -1.51. The number of hydrogen-bond donors (Lipinski definition) is 1. The van der Waals surface area contributed by atoms with Crippen molar-refractivity contribution >= 4 is 5.82 Å². The minimum atomic E-state index is -0.785. The molecule has 2 saturated heterocycles. The molecule has 22 heavy (non-hydrogen) atoms.